The first-order valence-electron chi connectivity index (χ1n) is 6.00. The van der Waals surface area contributed by atoms with E-state index in [0.29, 0.717) is 13.1 Å². The Labute approximate surface area is 115 Å². The molecule has 0 fully saturated rings. The van der Waals surface area contributed by atoms with Gasteiger partial charge in [-0.15, -0.1) is 0 Å². The molecule has 1 aromatic heterocycles. The first-order valence-corrected chi connectivity index (χ1v) is 6.00. The lowest BCUT2D eigenvalue weighted by atomic mass is 10.1. The van der Waals surface area contributed by atoms with Gasteiger partial charge in [-0.1, -0.05) is 0 Å². The van der Waals surface area contributed by atoms with Gasteiger partial charge in [0, 0.05) is 31.9 Å². The molecule has 0 saturated carbocycles. The molecule has 9 nitrogen and oxygen atoms in total. The van der Waals surface area contributed by atoms with Gasteiger partial charge in [0.2, 0.25) is 5.91 Å². The van der Waals surface area contributed by atoms with Gasteiger partial charge in [0.1, 0.15) is 6.04 Å². The normalized spacial score (nSPS) is 11.6. The lowest BCUT2D eigenvalue weighted by Gasteiger charge is -2.14. The van der Waals surface area contributed by atoms with Crippen LogP contribution in [0.3, 0.4) is 0 Å². The predicted molar refractivity (Wildman–Crippen MR) is 68.6 cm³/mol. The highest BCUT2D eigenvalue weighted by molar-refractivity contribution is 5.83. The number of aliphatic carboxylic acids is 1. The predicted octanol–water partition coefficient (Wildman–Crippen LogP) is -1.10. The van der Waals surface area contributed by atoms with E-state index in [1.165, 1.54) is 0 Å². The van der Waals surface area contributed by atoms with Crippen molar-refractivity contribution < 1.29 is 19.5 Å². The molecule has 0 aliphatic carbocycles. The van der Waals surface area contributed by atoms with Crippen LogP contribution in [0.2, 0.25) is 0 Å². The summed E-state index contributed by atoms with van der Waals surface area (Å²) >= 11 is 0. The minimum atomic E-state index is -1.21. The second-order valence-electron chi connectivity index (χ2n) is 4.10. The number of urea groups is 1. The minimum absolute atomic E-state index is 0.0421. The van der Waals surface area contributed by atoms with E-state index in [4.69, 9.17) is 10.8 Å². The highest BCUT2D eigenvalue weighted by Gasteiger charge is 2.20. The van der Waals surface area contributed by atoms with Gasteiger partial charge in [0.15, 0.2) is 0 Å². The number of primary amides is 1. The van der Waals surface area contributed by atoms with Crippen molar-refractivity contribution in [3.63, 3.8) is 0 Å². The zero-order valence-electron chi connectivity index (χ0n) is 10.8. The maximum Gasteiger partial charge on any atom is 0.326 e. The Morgan fingerprint density at radius 1 is 1.40 bits per heavy atom. The summed E-state index contributed by atoms with van der Waals surface area (Å²) in [6, 6.07) is -1.75. The van der Waals surface area contributed by atoms with Crippen LogP contribution in [0.1, 0.15) is 12.8 Å². The second kappa shape index (κ2) is 7.77. The van der Waals surface area contributed by atoms with Crippen molar-refractivity contribution in [1.82, 2.24) is 20.2 Å². The number of hydrogen-bond donors (Lipinski definition) is 4. The maximum atomic E-state index is 11.5. The first-order chi connectivity index (χ1) is 9.49. The van der Waals surface area contributed by atoms with Crippen molar-refractivity contribution in [2.24, 2.45) is 5.73 Å². The molecule has 1 rings (SSSR count). The SMILES string of the molecule is NC(=O)CC[C@H](NC(=O)NCCn1ccnc1)C(=O)O. The molecule has 0 unspecified atom stereocenters. The molecule has 1 aromatic rings. The Morgan fingerprint density at radius 2 is 2.15 bits per heavy atom. The molecule has 0 saturated heterocycles. The van der Waals surface area contributed by atoms with Crippen LogP contribution >= 0.6 is 0 Å². The van der Waals surface area contributed by atoms with Crippen molar-refractivity contribution in [3.8, 4) is 0 Å². The van der Waals surface area contributed by atoms with Gasteiger partial charge in [-0.05, 0) is 6.42 Å². The third kappa shape index (κ3) is 5.85. The molecule has 110 valence electrons. The number of amides is 3. The fourth-order valence-corrected chi connectivity index (χ4v) is 1.47. The Bertz CT molecular complexity index is 459. The zero-order valence-corrected chi connectivity index (χ0v) is 10.8. The summed E-state index contributed by atoms with van der Waals surface area (Å²) in [6.45, 7) is 0.844. The average Bonchev–Trinajstić information content (AvgIpc) is 2.87. The number of hydrogen-bond acceptors (Lipinski definition) is 4. The maximum absolute atomic E-state index is 11.5. The first kappa shape index (κ1) is 15.5. The lowest BCUT2D eigenvalue weighted by molar-refractivity contribution is -0.139. The Balaban J connectivity index is 2.30. The molecular formula is C11H17N5O4. The Hall–Kier alpha value is -2.58. The van der Waals surface area contributed by atoms with E-state index < -0.39 is 23.9 Å². The number of carboxylic acid groups (broad SMARTS) is 1. The van der Waals surface area contributed by atoms with E-state index in [9.17, 15) is 14.4 Å². The number of nitrogens with two attached hydrogens (primary N) is 1. The molecule has 9 heteroatoms. The molecule has 0 aromatic carbocycles. The highest BCUT2D eigenvalue weighted by Crippen LogP contribution is 1.97. The smallest absolute Gasteiger partial charge is 0.326 e. The highest BCUT2D eigenvalue weighted by atomic mass is 16.4. The number of carbonyl (C=O) groups is 3. The van der Waals surface area contributed by atoms with E-state index in [1.807, 2.05) is 0 Å². The van der Waals surface area contributed by atoms with E-state index in [-0.39, 0.29) is 12.8 Å². The van der Waals surface area contributed by atoms with Crippen LogP contribution in [0.25, 0.3) is 0 Å². The van der Waals surface area contributed by atoms with Crippen molar-refractivity contribution in [2.45, 2.75) is 25.4 Å². The van der Waals surface area contributed by atoms with Crippen LogP contribution in [-0.4, -0.2) is 45.2 Å². The second-order valence-corrected chi connectivity index (χ2v) is 4.10. The van der Waals surface area contributed by atoms with Crippen molar-refractivity contribution >= 4 is 17.9 Å². The quantitative estimate of drug-likeness (QED) is 0.479. The summed E-state index contributed by atoms with van der Waals surface area (Å²) in [7, 11) is 0. The molecule has 1 heterocycles. The molecule has 3 amide bonds. The van der Waals surface area contributed by atoms with E-state index >= 15 is 0 Å². The van der Waals surface area contributed by atoms with Gasteiger partial charge in [-0.25, -0.2) is 14.6 Å². The fraction of sp³-hybridized carbons (Fsp3) is 0.455. The summed E-state index contributed by atoms with van der Waals surface area (Å²) < 4.78 is 1.77. The minimum Gasteiger partial charge on any atom is -0.480 e. The summed E-state index contributed by atoms with van der Waals surface area (Å²) in [4.78, 5) is 36.9. The summed E-state index contributed by atoms with van der Waals surface area (Å²) in [5.41, 5.74) is 4.94. The molecule has 0 spiro atoms. The number of aromatic nitrogens is 2. The number of carbonyl (C=O) groups excluding carboxylic acids is 2. The zero-order chi connectivity index (χ0) is 15.0. The molecule has 0 aliphatic rings. The van der Waals surface area contributed by atoms with Crippen molar-refractivity contribution in [1.29, 1.82) is 0 Å². The molecule has 0 bridgehead atoms. The average molecular weight is 283 g/mol. The fourth-order valence-electron chi connectivity index (χ4n) is 1.47. The van der Waals surface area contributed by atoms with Gasteiger partial charge < -0.3 is 26.0 Å². The van der Waals surface area contributed by atoms with E-state index in [1.54, 1.807) is 23.3 Å². The van der Waals surface area contributed by atoms with Crippen LogP contribution in [0.15, 0.2) is 18.7 Å². The van der Waals surface area contributed by atoms with Crippen LogP contribution in [-0.2, 0) is 16.1 Å². The monoisotopic (exact) mass is 283 g/mol. The van der Waals surface area contributed by atoms with Crippen LogP contribution < -0.4 is 16.4 Å². The third-order valence-corrected chi connectivity index (χ3v) is 2.50. The van der Waals surface area contributed by atoms with Gasteiger partial charge in [-0.3, -0.25) is 4.79 Å². The Morgan fingerprint density at radius 3 is 2.70 bits per heavy atom. The van der Waals surface area contributed by atoms with Gasteiger partial charge in [-0.2, -0.15) is 0 Å². The molecule has 0 radical (unpaired) electrons. The number of imidazole rings is 1. The van der Waals surface area contributed by atoms with Gasteiger partial charge >= 0.3 is 12.0 Å². The van der Waals surface area contributed by atoms with Crippen molar-refractivity contribution in [3.05, 3.63) is 18.7 Å². The lowest BCUT2D eigenvalue weighted by Crippen LogP contribution is -2.46. The van der Waals surface area contributed by atoms with E-state index in [2.05, 4.69) is 15.6 Å². The summed E-state index contributed by atoms with van der Waals surface area (Å²) in [6.07, 6.45) is 4.81. The molecular weight excluding hydrogens is 266 g/mol. The van der Waals surface area contributed by atoms with Crippen molar-refractivity contribution in [2.75, 3.05) is 6.54 Å². The topological polar surface area (TPSA) is 139 Å². The number of rotatable bonds is 8. The Kier molecular flexibility index (Phi) is 6.01. The number of nitrogens with one attached hydrogen (secondary N) is 2. The van der Waals surface area contributed by atoms with Gasteiger partial charge in [0.25, 0.3) is 0 Å². The summed E-state index contributed by atoms with van der Waals surface area (Å²) in [5, 5.41) is 13.7. The number of carboxylic acids is 1. The molecule has 5 N–H and O–H groups in total. The van der Waals surface area contributed by atoms with Crippen LogP contribution in [0.5, 0.6) is 0 Å². The molecule has 1 atom stereocenters. The van der Waals surface area contributed by atoms with Gasteiger partial charge in [0.05, 0.1) is 6.33 Å². The van der Waals surface area contributed by atoms with Crippen LogP contribution in [0.4, 0.5) is 4.79 Å². The standard InChI is InChI=1S/C11H17N5O4/c12-9(17)2-1-8(10(18)19)15-11(20)14-4-6-16-5-3-13-7-16/h3,5,7-8H,1-2,4,6H2,(H2,12,17)(H,18,19)(H2,14,15,20)/t8-/m0/s1. The third-order valence-electron chi connectivity index (χ3n) is 2.50. The van der Waals surface area contributed by atoms with E-state index in [0.717, 1.165) is 0 Å². The largest absolute Gasteiger partial charge is 0.480 e. The summed E-state index contributed by atoms with van der Waals surface area (Å²) in [5.74, 6) is -1.82. The molecule has 20 heavy (non-hydrogen) atoms. The number of nitrogens with zero attached hydrogens (tertiary/aromatic N) is 2. The van der Waals surface area contributed by atoms with Crippen LogP contribution in [0, 0.1) is 0 Å². The molecule has 0 aliphatic heterocycles.